The summed E-state index contributed by atoms with van der Waals surface area (Å²) in [4.78, 5) is 42.8. The number of carbonyl (C=O) groups is 3. The molecule has 9 heteroatoms. The van der Waals surface area contributed by atoms with Crippen molar-refractivity contribution < 1.29 is 19.5 Å². The minimum atomic E-state index is -1.69. The lowest BCUT2D eigenvalue weighted by atomic mass is 9.75. The molecule has 6 rings (SSSR count). The zero-order chi connectivity index (χ0) is 22.8. The standard InChI is InChI=1S/C23H23N5O4/c1-25-21(30)18-17(19(24)29)26-20-16-9-12(5-6-23(32)7-8-27(2)22(23)31)3-4-15(16)13-10-14(11-13)28(18)20/h3-4,9,13-14,32H,7-8,10-11H2,1-2H3,(H2,24,29)(H,25,30). The summed E-state index contributed by atoms with van der Waals surface area (Å²) >= 11 is 0. The maximum atomic E-state index is 12.6. The molecule has 2 bridgehead atoms. The van der Waals surface area contributed by atoms with Crippen molar-refractivity contribution in [3.8, 4) is 23.2 Å². The molecular weight excluding hydrogens is 410 g/mol. The van der Waals surface area contributed by atoms with Crippen molar-refractivity contribution in [2.24, 2.45) is 5.73 Å². The van der Waals surface area contributed by atoms with Gasteiger partial charge < -0.3 is 25.6 Å². The Balaban J connectivity index is 1.64. The summed E-state index contributed by atoms with van der Waals surface area (Å²) in [5.41, 5.74) is 6.44. The van der Waals surface area contributed by atoms with Crippen molar-refractivity contribution in [2.75, 3.05) is 20.6 Å². The molecule has 1 aromatic carbocycles. The van der Waals surface area contributed by atoms with E-state index in [1.165, 1.54) is 11.9 Å². The van der Waals surface area contributed by atoms with E-state index in [0.29, 0.717) is 23.9 Å². The number of likely N-dealkylation sites (tertiary alicyclic amines) is 1. The number of likely N-dealkylation sites (N-methyl/N-ethyl adjacent to an activating group) is 1. The van der Waals surface area contributed by atoms with Crippen LogP contribution in [0.3, 0.4) is 0 Å². The van der Waals surface area contributed by atoms with Gasteiger partial charge in [0.1, 0.15) is 11.5 Å². The van der Waals surface area contributed by atoms with Crippen molar-refractivity contribution >= 4 is 17.7 Å². The first kappa shape index (κ1) is 20.3. The van der Waals surface area contributed by atoms with Crippen LogP contribution in [0.2, 0.25) is 0 Å². The highest BCUT2D eigenvalue weighted by atomic mass is 16.3. The highest BCUT2D eigenvalue weighted by Gasteiger charge is 2.43. The lowest BCUT2D eigenvalue weighted by Gasteiger charge is -2.35. The lowest BCUT2D eigenvalue weighted by molar-refractivity contribution is -0.137. The van der Waals surface area contributed by atoms with Gasteiger partial charge in [-0.1, -0.05) is 17.9 Å². The molecule has 1 atom stereocenters. The third-order valence-corrected chi connectivity index (χ3v) is 6.72. The van der Waals surface area contributed by atoms with E-state index < -0.39 is 23.3 Å². The molecule has 2 aromatic rings. The average Bonchev–Trinajstić information content (AvgIpc) is 3.17. The molecule has 1 saturated heterocycles. The number of hydrogen-bond acceptors (Lipinski definition) is 5. The third-order valence-electron chi connectivity index (χ3n) is 6.72. The van der Waals surface area contributed by atoms with Crippen LogP contribution in [-0.4, -0.2) is 63.5 Å². The monoisotopic (exact) mass is 433 g/mol. The van der Waals surface area contributed by atoms with Crippen LogP contribution in [0, 0.1) is 11.8 Å². The van der Waals surface area contributed by atoms with Crippen LogP contribution in [0.15, 0.2) is 18.2 Å². The second kappa shape index (κ2) is 6.93. The lowest BCUT2D eigenvalue weighted by Crippen LogP contribution is -2.37. The van der Waals surface area contributed by atoms with Gasteiger partial charge in [-0.15, -0.1) is 0 Å². The Bertz CT molecular complexity index is 1250. The maximum absolute atomic E-state index is 12.6. The van der Waals surface area contributed by atoms with Gasteiger partial charge in [-0.05, 0) is 36.5 Å². The summed E-state index contributed by atoms with van der Waals surface area (Å²) in [5.74, 6) is 4.92. The molecule has 32 heavy (non-hydrogen) atoms. The number of hydrogen-bond donors (Lipinski definition) is 3. The number of aliphatic hydroxyl groups is 1. The van der Waals surface area contributed by atoms with Crippen LogP contribution >= 0.6 is 0 Å². The van der Waals surface area contributed by atoms with E-state index >= 15 is 0 Å². The number of aromatic nitrogens is 2. The van der Waals surface area contributed by atoms with E-state index in [1.807, 2.05) is 22.8 Å². The quantitative estimate of drug-likeness (QED) is 0.590. The smallest absolute Gasteiger partial charge is 0.270 e. The Morgan fingerprint density at radius 1 is 1.34 bits per heavy atom. The van der Waals surface area contributed by atoms with Gasteiger partial charge in [0.15, 0.2) is 5.69 Å². The molecule has 1 saturated carbocycles. The van der Waals surface area contributed by atoms with Gasteiger partial charge >= 0.3 is 0 Å². The number of nitrogens with zero attached hydrogens (tertiary/aromatic N) is 3. The van der Waals surface area contributed by atoms with Gasteiger partial charge in [-0.25, -0.2) is 4.98 Å². The van der Waals surface area contributed by atoms with Gasteiger partial charge in [0.05, 0.1) is 0 Å². The summed E-state index contributed by atoms with van der Waals surface area (Å²) in [6.45, 7) is 0.451. The molecule has 0 spiro atoms. The van der Waals surface area contributed by atoms with Crippen molar-refractivity contribution in [1.82, 2.24) is 19.8 Å². The molecule has 1 unspecified atom stereocenters. The van der Waals surface area contributed by atoms with E-state index in [4.69, 9.17) is 5.73 Å². The fourth-order valence-corrected chi connectivity index (χ4v) is 4.87. The van der Waals surface area contributed by atoms with Crippen LogP contribution in [0.4, 0.5) is 0 Å². The summed E-state index contributed by atoms with van der Waals surface area (Å²) in [6.07, 6.45) is 1.93. The summed E-state index contributed by atoms with van der Waals surface area (Å²) in [7, 11) is 3.14. The largest absolute Gasteiger partial charge is 0.369 e. The summed E-state index contributed by atoms with van der Waals surface area (Å²) in [6, 6.07) is 5.73. The van der Waals surface area contributed by atoms with Crippen LogP contribution in [0.5, 0.6) is 0 Å². The van der Waals surface area contributed by atoms with E-state index in [-0.39, 0.29) is 23.9 Å². The molecule has 4 aliphatic rings. The Morgan fingerprint density at radius 2 is 2.09 bits per heavy atom. The number of rotatable bonds is 2. The van der Waals surface area contributed by atoms with Gasteiger partial charge in [0.2, 0.25) is 5.60 Å². The van der Waals surface area contributed by atoms with Crippen molar-refractivity contribution in [1.29, 1.82) is 0 Å². The minimum Gasteiger partial charge on any atom is -0.369 e. The first-order valence-electron chi connectivity index (χ1n) is 10.5. The second-order valence-electron chi connectivity index (χ2n) is 8.66. The first-order valence-corrected chi connectivity index (χ1v) is 10.5. The highest BCUT2D eigenvalue weighted by molar-refractivity contribution is 6.05. The second-order valence-corrected chi connectivity index (χ2v) is 8.66. The first-order chi connectivity index (χ1) is 15.2. The Hall–Kier alpha value is -3.64. The van der Waals surface area contributed by atoms with Crippen molar-refractivity contribution in [2.45, 2.75) is 36.8 Å². The number of carbonyl (C=O) groups excluding carboxylic acids is 3. The summed E-state index contributed by atoms with van der Waals surface area (Å²) < 4.78 is 1.82. The SMILES string of the molecule is CNC(=O)c1c(C(N)=O)nc2n1C1CC(C1)c1ccc(C#CC3(O)CCN(C)C3=O)cc1-2. The Morgan fingerprint density at radius 3 is 2.72 bits per heavy atom. The van der Waals surface area contributed by atoms with Crippen molar-refractivity contribution in [3.05, 3.63) is 40.7 Å². The van der Waals surface area contributed by atoms with E-state index in [9.17, 15) is 19.5 Å². The van der Waals surface area contributed by atoms with Gasteiger partial charge in [0, 0.05) is 44.2 Å². The molecule has 164 valence electrons. The number of amides is 3. The molecule has 3 amide bonds. The normalized spacial score (nSPS) is 25.1. The number of nitrogens with one attached hydrogen (secondary N) is 1. The van der Waals surface area contributed by atoms with Crippen LogP contribution in [0.1, 0.15) is 63.3 Å². The Labute approximate surface area is 184 Å². The molecule has 2 fully saturated rings. The summed E-state index contributed by atoms with van der Waals surface area (Å²) in [5, 5.41) is 13.2. The van der Waals surface area contributed by atoms with E-state index in [0.717, 1.165) is 24.0 Å². The van der Waals surface area contributed by atoms with Gasteiger partial charge in [-0.3, -0.25) is 14.4 Å². The fourth-order valence-electron chi connectivity index (χ4n) is 4.87. The van der Waals surface area contributed by atoms with E-state index in [1.54, 1.807) is 7.05 Å². The Kier molecular flexibility index (Phi) is 4.39. The van der Waals surface area contributed by atoms with Crippen LogP contribution in [0.25, 0.3) is 11.4 Å². The molecule has 1 aliphatic carbocycles. The molecular formula is C23H23N5O4. The maximum Gasteiger partial charge on any atom is 0.270 e. The predicted molar refractivity (Wildman–Crippen MR) is 115 cm³/mol. The van der Waals surface area contributed by atoms with E-state index in [2.05, 4.69) is 22.1 Å². The predicted octanol–water partition coefficient (Wildman–Crippen LogP) is 0.385. The zero-order valence-corrected chi connectivity index (χ0v) is 17.8. The van der Waals surface area contributed by atoms with Crippen LogP contribution < -0.4 is 11.1 Å². The number of benzene rings is 1. The minimum absolute atomic E-state index is 0.0530. The number of primary amides is 1. The van der Waals surface area contributed by atoms with Gasteiger partial charge in [0.25, 0.3) is 17.7 Å². The average molecular weight is 433 g/mol. The zero-order valence-electron chi connectivity index (χ0n) is 17.8. The molecule has 3 aliphatic heterocycles. The van der Waals surface area contributed by atoms with Gasteiger partial charge in [-0.2, -0.15) is 0 Å². The van der Waals surface area contributed by atoms with Crippen molar-refractivity contribution in [3.63, 3.8) is 0 Å². The molecule has 4 heterocycles. The third kappa shape index (κ3) is 2.83. The molecule has 1 aromatic heterocycles. The highest BCUT2D eigenvalue weighted by Crippen LogP contribution is 2.52. The fraction of sp³-hybridized carbons (Fsp3) is 0.391. The molecule has 4 N–H and O–H groups in total. The molecule has 0 radical (unpaired) electrons. The molecule has 9 nitrogen and oxygen atoms in total. The topological polar surface area (TPSA) is 131 Å². The number of imidazole rings is 1. The number of nitrogens with two attached hydrogens (primary N) is 1. The van der Waals surface area contributed by atoms with Crippen LogP contribution in [-0.2, 0) is 4.79 Å².